The number of piperazine rings is 1. The molecular formula is C46H51Cl2FN6O6S. The minimum Gasteiger partial charge on any atom is -0.476 e. The lowest BCUT2D eigenvalue weighted by molar-refractivity contribution is 0.0979. The zero-order valence-electron chi connectivity index (χ0n) is 34.8. The molecular weight excluding hydrogens is 855 g/mol. The number of aromatic amines is 1. The number of nitrogens with zero attached hydrogens (tertiary/aromatic N) is 4. The first-order valence-corrected chi connectivity index (χ1v) is 23.3. The summed E-state index contributed by atoms with van der Waals surface area (Å²) in [4.78, 5) is 22.4. The maximum absolute atomic E-state index is 14.8. The van der Waals surface area contributed by atoms with E-state index in [0.29, 0.717) is 36.5 Å². The molecule has 3 N–H and O–H groups in total. The lowest BCUT2D eigenvalue weighted by atomic mass is 9.72. The second-order valence-electron chi connectivity index (χ2n) is 17.5. The molecule has 1 saturated heterocycles. The molecule has 2 aromatic heterocycles. The monoisotopic (exact) mass is 904 g/mol. The summed E-state index contributed by atoms with van der Waals surface area (Å²) in [5, 5.41) is 17.4. The van der Waals surface area contributed by atoms with E-state index in [9.17, 15) is 22.7 Å². The quantitative estimate of drug-likeness (QED) is 0.104. The van der Waals surface area contributed by atoms with Gasteiger partial charge < -0.3 is 19.5 Å². The number of amides is 1. The lowest BCUT2D eigenvalue weighted by Gasteiger charge is -2.39. The van der Waals surface area contributed by atoms with Crippen molar-refractivity contribution in [3.8, 4) is 17.4 Å². The molecule has 2 fully saturated rings. The molecule has 3 aliphatic rings. The molecule has 1 saturated carbocycles. The van der Waals surface area contributed by atoms with Crippen LogP contribution in [0.2, 0.25) is 10.0 Å². The number of hydrogen-bond acceptors (Lipinski definition) is 10. The maximum Gasteiger partial charge on any atom is 0.268 e. The van der Waals surface area contributed by atoms with E-state index in [1.807, 2.05) is 12.1 Å². The van der Waals surface area contributed by atoms with Gasteiger partial charge in [-0.05, 0) is 110 Å². The van der Waals surface area contributed by atoms with Crippen LogP contribution in [-0.2, 0) is 10.0 Å². The topological polar surface area (TPSA) is 150 Å². The number of nitrogens with one attached hydrogen (secondary N) is 2. The van der Waals surface area contributed by atoms with E-state index in [1.165, 1.54) is 47.2 Å². The highest BCUT2D eigenvalue weighted by atomic mass is 35.5. The van der Waals surface area contributed by atoms with E-state index in [1.54, 1.807) is 12.1 Å². The van der Waals surface area contributed by atoms with Gasteiger partial charge in [-0.15, -0.1) is 0 Å². The third-order valence-corrected chi connectivity index (χ3v) is 14.3. The van der Waals surface area contributed by atoms with E-state index < -0.39 is 21.7 Å². The fourth-order valence-electron chi connectivity index (χ4n) is 8.74. The number of anilines is 1. The first-order valence-electron chi connectivity index (χ1n) is 21.1. The van der Waals surface area contributed by atoms with Gasteiger partial charge in [0.05, 0.1) is 35.5 Å². The maximum atomic E-state index is 14.8. The standard InChI is InChI=1S/C46H51Cl2FN6O6S/c1-46(2)14-13-32(38(23-46)31-7-9-33(47)10-8-31)26-54-15-17-55(18-16-54)35-11-12-37(43(21-35)61-42-20-34(49)19-41-39(42)25-51-52-41)44(57)53-62(58,59)36-22-40(48)45(50-24-36)60-28-30-5-3-29(27-56)4-6-30/h7-12,19-22,24-25,29-30,56H,3-6,13-18,23,26-28H2,1-2H3,(H,51,52)(H,53,57). The van der Waals surface area contributed by atoms with Crippen LogP contribution in [0.4, 0.5) is 10.1 Å². The number of ether oxygens (including phenoxy) is 2. The summed E-state index contributed by atoms with van der Waals surface area (Å²) < 4.78 is 56.3. The van der Waals surface area contributed by atoms with Gasteiger partial charge in [-0.3, -0.25) is 14.8 Å². The van der Waals surface area contributed by atoms with Gasteiger partial charge >= 0.3 is 0 Å². The molecule has 3 aromatic carbocycles. The van der Waals surface area contributed by atoms with Crippen LogP contribution in [0.15, 0.2) is 83.5 Å². The Morgan fingerprint density at radius 3 is 2.44 bits per heavy atom. The summed E-state index contributed by atoms with van der Waals surface area (Å²) in [6, 6.07) is 16.8. The van der Waals surface area contributed by atoms with Crippen molar-refractivity contribution in [3.05, 3.63) is 106 Å². The number of halogens is 3. The first-order chi connectivity index (χ1) is 29.7. The van der Waals surface area contributed by atoms with Crippen molar-refractivity contribution in [2.45, 2.75) is 63.7 Å². The van der Waals surface area contributed by atoms with Gasteiger partial charge in [0.25, 0.3) is 15.9 Å². The molecule has 2 aliphatic carbocycles. The Balaban J connectivity index is 0.990. The highest BCUT2D eigenvalue weighted by molar-refractivity contribution is 7.90. The number of carbonyl (C=O) groups is 1. The first kappa shape index (κ1) is 43.9. The Bertz CT molecular complexity index is 2570. The molecule has 12 nitrogen and oxygen atoms in total. The average Bonchev–Trinajstić information content (AvgIpc) is 3.73. The summed E-state index contributed by atoms with van der Waals surface area (Å²) in [7, 11) is -4.47. The van der Waals surface area contributed by atoms with Gasteiger partial charge in [0, 0.05) is 62.2 Å². The Morgan fingerprint density at radius 2 is 1.71 bits per heavy atom. The molecule has 0 unspecified atom stereocenters. The Hall–Kier alpha value is -4.73. The number of aromatic nitrogens is 3. The van der Waals surface area contributed by atoms with Crippen LogP contribution in [0, 0.1) is 23.1 Å². The number of aliphatic hydroxyl groups excluding tert-OH is 1. The molecule has 328 valence electrons. The van der Waals surface area contributed by atoms with Crippen LogP contribution in [0.1, 0.15) is 74.7 Å². The van der Waals surface area contributed by atoms with Gasteiger partial charge in [0.15, 0.2) is 0 Å². The highest BCUT2D eigenvalue weighted by Crippen LogP contribution is 2.44. The SMILES string of the molecule is CC1(C)CCC(CN2CCN(c3ccc(C(=O)NS(=O)(=O)c4cnc(OCC5CCC(CO)CC5)c(Cl)c4)c(Oc4cc(F)cc5[nH]ncc45)c3)CC2)=C(c2ccc(Cl)cc2)C1. The van der Waals surface area contributed by atoms with Crippen LogP contribution in [0.3, 0.4) is 0 Å². The number of sulfonamides is 1. The normalized spacial score (nSPS) is 19.7. The number of hydrogen-bond donors (Lipinski definition) is 3. The number of benzene rings is 3. The minimum absolute atomic E-state index is 0.0190. The largest absolute Gasteiger partial charge is 0.476 e. The Labute approximate surface area is 371 Å². The third kappa shape index (κ3) is 10.2. The Morgan fingerprint density at radius 1 is 0.968 bits per heavy atom. The predicted octanol–water partition coefficient (Wildman–Crippen LogP) is 9.28. The molecule has 0 bridgehead atoms. The molecule has 0 radical (unpaired) electrons. The average molecular weight is 906 g/mol. The fourth-order valence-corrected chi connectivity index (χ4v) is 10.1. The number of allylic oxidation sites excluding steroid dienone is 1. The van der Waals surface area contributed by atoms with Crippen LogP contribution < -0.4 is 19.1 Å². The van der Waals surface area contributed by atoms with Crippen LogP contribution >= 0.6 is 23.2 Å². The summed E-state index contributed by atoms with van der Waals surface area (Å²) >= 11 is 12.7. The number of pyridine rings is 1. The van der Waals surface area contributed by atoms with Crippen molar-refractivity contribution >= 4 is 61.3 Å². The van der Waals surface area contributed by atoms with Gasteiger partial charge in [0.1, 0.15) is 27.2 Å². The van der Waals surface area contributed by atoms with Crippen molar-refractivity contribution in [2.24, 2.45) is 17.3 Å². The van der Waals surface area contributed by atoms with Crippen molar-refractivity contribution in [1.29, 1.82) is 0 Å². The van der Waals surface area contributed by atoms with Crippen molar-refractivity contribution in [1.82, 2.24) is 24.8 Å². The molecule has 5 aromatic rings. The molecule has 0 atom stereocenters. The number of rotatable bonds is 13. The molecule has 1 amide bonds. The summed E-state index contributed by atoms with van der Waals surface area (Å²) in [6.07, 6.45) is 9.38. The van der Waals surface area contributed by atoms with Crippen LogP contribution in [-0.4, -0.2) is 85.5 Å². The number of fused-ring (bicyclic) bond motifs is 1. The fraction of sp³-hybridized carbons (Fsp3) is 0.413. The van der Waals surface area contributed by atoms with E-state index in [0.717, 1.165) is 81.5 Å². The zero-order chi connectivity index (χ0) is 43.6. The summed E-state index contributed by atoms with van der Waals surface area (Å²) in [6.45, 7) is 9.04. The van der Waals surface area contributed by atoms with Gasteiger partial charge in [-0.25, -0.2) is 22.5 Å². The minimum atomic E-state index is -4.47. The molecule has 16 heteroatoms. The highest BCUT2D eigenvalue weighted by Gasteiger charge is 2.30. The van der Waals surface area contributed by atoms with E-state index >= 15 is 0 Å². The van der Waals surface area contributed by atoms with Gasteiger partial charge in [-0.2, -0.15) is 5.10 Å². The number of H-pyrrole nitrogens is 1. The number of aliphatic hydroxyl groups is 1. The van der Waals surface area contributed by atoms with Crippen LogP contribution in [0.5, 0.6) is 17.4 Å². The van der Waals surface area contributed by atoms with Crippen molar-refractivity contribution in [2.75, 3.05) is 50.8 Å². The Kier molecular flexibility index (Phi) is 13.1. The van der Waals surface area contributed by atoms with E-state index in [2.05, 4.69) is 55.7 Å². The van der Waals surface area contributed by atoms with Gasteiger partial charge in [-0.1, -0.05) is 54.8 Å². The summed E-state index contributed by atoms with van der Waals surface area (Å²) in [5.41, 5.74) is 5.35. The number of carbonyl (C=O) groups excluding carboxylic acids is 1. The van der Waals surface area contributed by atoms with Crippen molar-refractivity contribution in [3.63, 3.8) is 0 Å². The molecule has 1 aliphatic heterocycles. The zero-order valence-corrected chi connectivity index (χ0v) is 37.1. The van der Waals surface area contributed by atoms with E-state index in [-0.39, 0.29) is 50.8 Å². The predicted molar refractivity (Wildman–Crippen MR) is 239 cm³/mol. The van der Waals surface area contributed by atoms with Crippen LogP contribution in [0.25, 0.3) is 16.5 Å². The second kappa shape index (κ2) is 18.5. The molecule has 8 rings (SSSR count). The smallest absolute Gasteiger partial charge is 0.268 e. The second-order valence-corrected chi connectivity index (χ2v) is 20.0. The van der Waals surface area contributed by atoms with Crippen molar-refractivity contribution < 1.29 is 32.2 Å². The molecule has 62 heavy (non-hydrogen) atoms. The third-order valence-electron chi connectivity index (χ3n) is 12.4. The molecule has 0 spiro atoms. The summed E-state index contributed by atoms with van der Waals surface area (Å²) in [5.74, 6) is -0.753. The molecule has 3 heterocycles. The van der Waals surface area contributed by atoms with E-state index in [4.69, 9.17) is 32.7 Å². The van der Waals surface area contributed by atoms with Gasteiger partial charge in [0.2, 0.25) is 5.88 Å². The lowest BCUT2D eigenvalue weighted by Crippen LogP contribution is -2.47.